The quantitative estimate of drug-likeness (QED) is 0.616. The smallest absolute Gasteiger partial charge is 0.342 e. The number of carbonyl (C=O) groups excluding carboxylic acids is 3. The molecule has 0 saturated heterocycles. The zero-order chi connectivity index (χ0) is 16.0. The van der Waals surface area contributed by atoms with Crippen molar-refractivity contribution in [2.24, 2.45) is 0 Å². The van der Waals surface area contributed by atoms with Crippen LogP contribution in [0.2, 0.25) is 0 Å². The average molecular weight is 297 g/mol. The number of hydrogen-bond acceptors (Lipinski definition) is 8. The molecule has 0 saturated carbocycles. The van der Waals surface area contributed by atoms with E-state index >= 15 is 0 Å². The van der Waals surface area contributed by atoms with E-state index in [9.17, 15) is 19.5 Å². The lowest BCUT2D eigenvalue weighted by Gasteiger charge is -2.12. The second kappa shape index (κ2) is 7.22. The van der Waals surface area contributed by atoms with E-state index in [0.717, 1.165) is 20.4 Å². The molecule has 21 heavy (non-hydrogen) atoms. The normalized spacial score (nSPS) is 9.86. The van der Waals surface area contributed by atoms with E-state index in [1.54, 1.807) is 0 Å². The molecule has 0 fully saturated rings. The Hall–Kier alpha value is -2.64. The number of aromatic hydroxyl groups is 1. The highest BCUT2D eigenvalue weighted by molar-refractivity contribution is 6.05. The van der Waals surface area contributed by atoms with E-state index in [-0.39, 0.29) is 29.7 Å². The number of ether oxygens (including phenoxy) is 3. The third-order valence-electron chi connectivity index (χ3n) is 2.71. The monoisotopic (exact) mass is 297 g/mol. The molecule has 1 rings (SSSR count). The molecule has 0 amide bonds. The SMILES string of the molecule is COC(=O)CCc1ncc(O)c(C(=O)OC)c1C(=O)OC. The summed E-state index contributed by atoms with van der Waals surface area (Å²) in [5, 5.41) is 9.72. The Balaban J connectivity index is 3.33. The summed E-state index contributed by atoms with van der Waals surface area (Å²) in [5.41, 5.74) is -0.446. The van der Waals surface area contributed by atoms with E-state index in [2.05, 4.69) is 19.2 Å². The maximum atomic E-state index is 11.8. The molecule has 0 aliphatic rings. The van der Waals surface area contributed by atoms with Gasteiger partial charge in [0.15, 0.2) is 0 Å². The molecule has 1 heterocycles. The van der Waals surface area contributed by atoms with Crippen molar-refractivity contribution in [2.45, 2.75) is 12.8 Å². The van der Waals surface area contributed by atoms with Crippen molar-refractivity contribution >= 4 is 17.9 Å². The number of hydrogen-bond donors (Lipinski definition) is 1. The van der Waals surface area contributed by atoms with E-state index in [1.807, 2.05) is 0 Å². The lowest BCUT2D eigenvalue weighted by Crippen LogP contribution is -2.17. The van der Waals surface area contributed by atoms with Crippen LogP contribution >= 0.6 is 0 Å². The molecule has 114 valence electrons. The molecular weight excluding hydrogens is 282 g/mol. The Labute approximate surface area is 120 Å². The Morgan fingerprint density at radius 3 is 2.14 bits per heavy atom. The minimum absolute atomic E-state index is 0.0428. The van der Waals surface area contributed by atoms with Crippen LogP contribution in [0.1, 0.15) is 32.8 Å². The van der Waals surface area contributed by atoms with Gasteiger partial charge in [0.2, 0.25) is 0 Å². The lowest BCUT2D eigenvalue weighted by molar-refractivity contribution is -0.140. The van der Waals surface area contributed by atoms with Gasteiger partial charge in [0.1, 0.15) is 11.3 Å². The topological polar surface area (TPSA) is 112 Å². The van der Waals surface area contributed by atoms with Gasteiger partial charge in [0, 0.05) is 6.42 Å². The molecule has 8 heteroatoms. The molecule has 0 bridgehead atoms. The molecule has 0 radical (unpaired) electrons. The highest BCUT2D eigenvalue weighted by Gasteiger charge is 2.27. The maximum absolute atomic E-state index is 11.8. The van der Waals surface area contributed by atoms with Crippen LogP contribution in [0.4, 0.5) is 0 Å². The summed E-state index contributed by atoms with van der Waals surface area (Å²) in [4.78, 5) is 38.6. The van der Waals surface area contributed by atoms with Crippen molar-refractivity contribution in [3.8, 4) is 5.75 Å². The van der Waals surface area contributed by atoms with Crippen LogP contribution < -0.4 is 0 Å². The number of esters is 3. The molecule has 0 aliphatic carbocycles. The van der Waals surface area contributed by atoms with Crippen LogP contribution in [-0.2, 0) is 25.4 Å². The fraction of sp³-hybridized carbons (Fsp3) is 0.385. The number of rotatable bonds is 5. The van der Waals surface area contributed by atoms with Crippen LogP contribution in [0, 0.1) is 0 Å². The maximum Gasteiger partial charge on any atom is 0.342 e. The minimum Gasteiger partial charge on any atom is -0.505 e. The van der Waals surface area contributed by atoms with E-state index in [4.69, 9.17) is 0 Å². The Morgan fingerprint density at radius 1 is 1.05 bits per heavy atom. The van der Waals surface area contributed by atoms with Gasteiger partial charge in [-0.25, -0.2) is 9.59 Å². The molecule has 0 atom stereocenters. The van der Waals surface area contributed by atoms with Gasteiger partial charge in [-0.2, -0.15) is 0 Å². The van der Waals surface area contributed by atoms with Crippen LogP contribution in [0.15, 0.2) is 6.20 Å². The van der Waals surface area contributed by atoms with Crippen LogP contribution in [-0.4, -0.2) is 49.3 Å². The van der Waals surface area contributed by atoms with Gasteiger partial charge >= 0.3 is 17.9 Å². The minimum atomic E-state index is -0.908. The molecule has 0 aliphatic heterocycles. The predicted octanol–water partition coefficient (Wildman–Crippen LogP) is 0.466. The Bertz CT molecular complexity index is 568. The van der Waals surface area contributed by atoms with Crippen molar-refractivity contribution in [3.63, 3.8) is 0 Å². The van der Waals surface area contributed by atoms with Gasteiger partial charge in [-0.3, -0.25) is 9.78 Å². The third kappa shape index (κ3) is 3.68. The van der Waals surface area contributed by atoms with Gasteiger partial charge in [0.25, 0.3) is 0 Å². The van der Waals surface area contributed by atoms with Gasteiger partial charge in [-0.1, -0.05) is 0 Å². The Kier molecular flexibility index (Phi) is 5.65. The lowest BCUT2D eigenvalue weighted by atomic mass is 10.0. The summed E-state index contributed by atoms with van der Waals surface area (Å²) < 4.78 is 13.6. The van der Waals surface area contributed by atoms with Crippen molar-refractivity contribution in [1.29, 1.82) is 0 Å². The van der Waals surface area contributed by atoms with Gasteiger partial charge in [-0.15, -0.1) is 0 Å². The molecule has 0 aromatic carbocycles. The molecule has 1 aromatic rings. The summed E-state index contributed by atoms with van der Waals surface area (Å²) in [5.74, 6) is -2.78. The summed E-state index contributed by atoms with van der Waals surface area (Å²) in [7, 11) is 3.46. The summed E-state index contributed by atoms with van der Waals surface area (Å²) in [6.07, 6.45) is 1.01. The molecule has 0 unspecified atom stereocenters. The van der Waals surface area contributed by atoms with E-state index in [0.29, 0.717) is 0 Å². The number of pyridine rings is 1. The first-order valence-electron chi connectivity index (χ1n) is 5.90. The number of nitrogens with zero attached hydrogens (tertiary/aromatic N) is 1. The van der Waals surface area contributed by atoms with Gasteiger partial charge < -0.3 is 19.3 Å². The van der Waals surface area contributed by atoms with Crippen molar-refractivity contribution in [1.82, 2.24) is 4.98 Å². The van der Waals surface area contributed by atoms with Gasteiger partial charge in [0.05, 0.1) is 45.2 Å². The number of carbonyl (C=O) groups is 3. The summed E-state index contributed by atoms with van der Waals surface area (Å²) in [6.45, 7) is 0. The Morgan fingerprint density at radius 2 is 1.62 bits per heavy atom. The number of aromatic nitrogens is 1. The fourth-order valence-electron chi connectivity index (χ4n) is 1.68. The van der Waals surface area contributed by atoms with Gasteiger partial charge in [-0.05, 0) is 0 Å². The van der Waals surface area contributed by atoms with Crippen molar-refractivity contribution in [2.75, 3.05) is 21.3 Å². The van der Waals surface area contributed by atoms with Crippen LogP contribution in [0.25, 0.3) is 0 Å². The number of methoxy groups -OCH3 is 3. The van der Waals surface area contributed by atoms with E-state index < -0.39 is 23.7 Å². The van der Waals surface area contributed by atoms with Crippen LogP contribution in [0.3, 0.4) is 0 Å². The van der Waals surface area contributed by atoms with E-state index in [1.165, 1.54) is 7.11 Å². The third-order valence-corrected chi connectivity index (χ3v) is 2.71. The standard InChI is InChI=1S/C13H15NO7/c1-19-9(16)5-4-7-10(12(17)20-2)11(13(18)21-3)8(15)6-14-7/h6,15H,4-5H2,1-3H3. The molecule has 8 nitrogen and oxygen atoms in total. The second-order valence-electron chi connectivity index (χ2n) is 3.90. The summed E-state index contributed by atoms with van der Waals surface area (Å²) in [6, 6.07) is 0. The first-order chi connectivity index (χ1) is 9.96. The predicted molar refractivity (Wildman–Crippen MR) is 68.9 cm³/mol. The number of aryl methyl sites for hydroxylation is 1. The fourth-order valence-corrected chi connectivity index (χ4v) is 1.68. The second-order valence-corrected chi connectivity index (χ2v) is 3.90. The first kappa shape index (κ1) is 16.4. The highest BCUT2D eigenvalue weighted by Crippen LogP contribution is 2.25. The molecule has 1 N–H and O–H groups in total. The highest BCUT2D eigenvalue weighted by atomic mass is 16.5. The zero-order valence-electron chi connectivity index (χ0n) is 11.8. The average Bonchev–Trinajstić information content (AvgIpc) is 2.51. The largest absolute Gasteiger partial charge is 0.505 e. The first-order valence-corrected chi connectivity index (χ1v) is 5.90. The van der Waals surface area contributed by atoms with Crippen molar-refractivity contribution in [3.05, 3.63) is 23.0 Å². The molecular formula is C13H15NO7. The molecule has 1 aromatic heterocycles. The van der Waals surface area contributed by atoms with Crippen molar-refractivity contribution < 1.29 is 33.7 Å². The zero-order valence-corrected chi connectivity index (χ0v) is 11.8. The van der Waals surface area contributed by atoms with Crippen LogP contribution in [0.5, 0.6) is 5.75 Å². The molecule has 0 spiro atoms. The summed E-state index contributed by atoms with van der Waals surface area (Å²) >= 11 is 0.